The molecule has 2 aromatic carbocycles. The van der Waals surface area contributed by atoms with Crippen LogP contribution < -0.4 is 16.0 Å². The highest BCUT2D eigenvalue weighted by Crippen LogP contribution is 2.20. The summed E-state index contributed by atoms with van der Waals surface area (Å²) in [5.41, 5.74) is 3.13. The zero-order valence-electron chi connectivity index (χ0n) is 14.1. The lowest BCUT2D eigenvalue weighted by molar-refractivity contribution is -0.119. The molecular weight excluding hydrogens is 302 g/mol. The first kappa shape index (κ1) is 17.5. The van der Waals surface area contributed by atoms with Crippen molar-refractivity contribution in [2.75, 3.05) is 23.7 Å². The van der Waals surface area contributed by atoms with Crippen LogP contribution in [-0.2, 0) is 4.79 Å². The van der Waals surface area contributed by atoms with Gasteiger partial charge in [-0.05, 0) is 43.2 Å². The van der Waals surface area contributed by atoms with Gasteiger partial charge in [-0.2, -0.15) is 0 Å². The third-order valence-corrected chi connectivity index (χ3v) is 3.54. The Balaban J connectivity index is 2.00. The largest absolute Gasteiger partial charge is 0.376 e. The first-order chi connectivity index (χ1) is 11.6. The number of nitrogens with one attached hydrogen (secondary N) is 3. The van der Waals surface area contributed by atoms with E-state index in [4.69, 9.17) is 0 Å². The van der Waals surface area contributed by atoms with E-state index in [9.17, 15) is 9.59 Å². The van der Waals surface area contributed by atoms with E-state index >= 15 is 0 Å². The number of rotatable bonds is 7. The lowest BCUT2D eigenvalue weighted by atomic mass is 10.1. The lowest BCUT2D eigenvalue weighted by Crippen LogP contribution is -2.30. The number of benzene rings is 2. The number of carbonyl (C=O) groups is 2. The van der Waals surface area contributed by atoms with E-state index in [0.29, 0.717) is 17.8 Å². The Kier molecular flexibility index (Phi) is 6.37. The predicted octanol–water partition coefficient (Wildman–Crippen LogP) is 3.19. The first-order valence-corrected chi connectivity index (χ1v) is 8.07. The Morgan fingerprint density at radius 2 is 1.79 bits per heavy atom. The minimum atomic E-state index is -0.161. The fourth-order valence-electron chi connectivity index (χ4n) is 2.19. The maximum absolute atomic E-state index is 12.2. The van der Waals surface area contributed by atoms with Crippen molar-refractivity contribution in [2.45, 2.75) is 20.3 Å². The molecule has 0 radical (unpaired) electrons. The molecule has 3 N–H and O–H groups in total. The highest BCUT2D eigenvalue weighted by atomic mass is 16.2. The van der Waals surface area contributed by atoms with Crippen LogP contribution in [0.5, 0.6) is 0 Å². The van der Waals surface area contributed by atoms with Crippen LogP contribution >= 0.6 is 0 Å². The third-order valence-electron chi connectivity index (χ3n) is 3.54. The Bertz CT molecular complexity index is 699. The second-order valence-corrected chi connectivity index (χ2v) is 5.55. The van der Waals surface area contributed by atoms with Gasteiger partial charge in [-0.1, -0.05) is 31.2 Å². The van der Waals surface area contributed by atoms with Crippen molar-refractivity contribution in [1.29, 1.82) is 0 Å². The van der Waals surface area contributed by atoms with Crippen LogP contribution in [0.3, 0.4) is 0 Å². The van der Waals surface area contributed by atoms with Gasteiger partial charge in [0.2, 0.25) is 5.91 Å². The van der Waals surface area contributed by atoms with E-state index in [0.717, 1.165) is 17.7 Å². The summed E-state index contributed by atoms with van der Waals surface area (Å²) < 4.78 is 0. The molecule has 24 heavy (non-hydrogen) atoms. The van der Waals surface area contributed by atoms with Gasteiger partial charge in [-0.25, -0.2) is 0 Å². The minimum Gasteiger partial charge on any atom is -0.376 e. The van der Waals surface area contributed by atoms with Gasteiger partial charge < -0.3 is 16.0 Å². The van der Waals surface area contributed by atoms with Gasteiger partial charge in [0.15, 0.2) is 0 Å². The van der Waals surface area contributed by atoms with E-state index in [1.54, 1.807) is 12.1 Å². The van der Waals surface area contributed by atoms with Crippen LogP contribution in [0.4, 0.5) is 11.4 Å². The molecule has 0 aromatic heterocycles. The quantitative estimate of drug-likeness (QED) is 0.732. The molecular formula is C19H23N3O2. The Morgan fingerprint density at radius 1 is 1.04 bits per heavy atom. The van der Waals surface area contributed by atoms with Crippen molar-refractivity contribution in [3.8, 4) is 0 Å². The van der Waals surface area contributed by atoms with Crippen LogP contribution in [0, 0.1) is 6.92 Å². The van der Waals surface area contributed by atoms with Crippen LogP contribution in [-0.4, -0.2) is 24.9 Å². The van der Waals surface area contributed by atoms with Gasteiger partial charge in [0.05, 0.1) is 6.54 Å². The molecule has 0 saturated heterocycles. The molecule has 0 saturated carbocycles. The molecule has 0 fully saturated rings. The molecule has 0 heterocycles. The molecule has 2 rings (SSSR count). The normalized spacial score (nSPS) is 10.1. The van der Waals surface area contributed by atoms with Crippen molar-refractivity contribution in [3.05, 3.63) is 59.7 Å². The lowest BCUT2D eigenvalue weighted by Gasteiger charge is -2.12. The highest BCUT2D eigenvalue weighted by Gasteiger charge is 2.07. The first-order valence-electron chi connectivity index (χ1n) is 8.07. The third kappa shape index (κ3) is 5.12. The SMILES string of the molecule is CCCNC(=O)CNc1cc(NC(=O)c2ccccc2)ccc1C. The van der Waals surface area contributed by atoms with Crippen molar-refractivity contribution in [3.63, 3.8) is 0 Å². The van der Waals surface area contributed by atoms with Gasteiger partial charge in [-0.15, -0.1) is 0 Å². The second kappa shape index (κ2) is 8.72. The maximum Gasteiger partial charge on any atom is 0.255 e. The summed E-state index contributed by atoms with van der Waals surface area (Å²) in [6.45, 7) is 4.84. The highest BCUT2D eigenvalue weighted by molar-refractivity contribution is 6.04. The number of aryl methyl sites for hydroxylation is 1. The summed E-state index contributed by atoms with van der Waals surface area (Å²) in [5.74, 6) is -0.207. The summed E-state index contributed by atoms with van der Waals surface area (Å²) in [4.78, 5) is 23.9. The Labute approximate surface area is 142 Å². The van der Waals surface area contributed by atoms with Crippen molar-refractivity contribution < 1.29 is 9.59 Å². The zero-order chi connectivity index (χ0) is 17.4. The van der Waals surface area contributed by atoms with Gasteiger partial charge in [0.25, 0.3) is 5.91 Å². The topological polar surface area (TPSA) is 70.2 Å². The molecule has 0 spiro atoms. The summed E-state index contributed by atoms with van der Waals surface area (Å²) in [6.07, 6.45) is 0.909. The summed E-state index contributed by atoms with van der Waals surface area (Å²) in [5, 5.41) is 8.80. The average Bonchev–Trinajstić information content (AvgIpc) is 2.61. The summed E-state index contributed by atoms with van der Waals surface area (Å²) >= 11 is 0. The minimum absolute atomic E-state index is 0.0463. The molecule has 5 heteroatoms. The molecule has 0 bridgehead atoms. The molecule has 0 unspecified atom stereocenters. The fraction of sp³-hybridized carbons (Fsp3) is 0.263. The van der Waals surface area contributed by atoms with Gasteiger partial charge in [-0.3, -0.25) is 9.59 Å². The number of hydrogen-bond acceptors (Lipinski definition) is 3. The number of amides is 2. The summed E-state index contributed by atoms with van der Waals surface area (Å²) in [6, 6.07) is 14.6. The maximum atomic E-state index is 12.2. The molecule has 0 aliphatic rings. The molecule has 0 aliphatic heterocycles. The van der Waals surface area contributed by atoms with Crippen molar-refractivity contribution in [2.24, 2.45) is 0 Å². The van der Waals surface area contributed by atoms with Crippen LogP contribution in [0.2, 0.25) is 0 Å². The fourth-order valence-corrected chi connectivity index (χ4v) is 2.19. The van der Waals surface area contributed by atoms with E-state index in [-0.39, 0.29) is 18.4 Å². The van der Waals surface area contributed by atoms with Crippen LogP contribution in [0.25, 0.3) is 0 Å². The number of carbonyl (C=O) groups excluding carboxylic acids is 2. The molecule has 5 nitrogen and oxygen atoms in total. The monoisotopic (exact) mass is 325 g/mol. The van der Waals surface area contributed by atoms with Crippen molar-refractivity contribution in [1.82, 2.24) is 5.32 Å². The number of hydrogen-bond donors (Lipinski definition) is 3. The van der Waals surface area contributed by atoms with Gasteiger partial charge in [0, 0.05) is 23.5 Å². The average molecular weight is 325 g/mol. The smallest absolute Gasteiger partial charge is 0.255 e. The Hall–Kier alpha value is -2.82. The van der Waals surface area contributed by atoms with Crippen LogP contribution in [0.1, 0.15) is 29.3 Å². The van der Waals surface area contributed by atoms with E-state index in [1.165, 1.54) is 0 Å². The van der Waals surface area contributed by atoms with Gasteiger partial charge in [0.1, 0.15) is 0 Å². The molecule has 0 atom stereocenters. The molecule has 126 valence electrons. The van der Waals surface area contributed by atoms with Gasteiger partial charge >= 0.3 is 0 Å². The predicted molar refractivity (Wildman–Crippen MR) is 97.4 cm³/mol. The second-order valence-electron chi connectivity index (χ2n) is 5.55. The number of anilines is 2. The standard InChI is InChI=1S/C19H23N3O2/c1-3-11-20-18(23)13-21-17-12-16(10-9-14(17)2)22-19(24)15-7-5-4-6-8-15/h4-10,12,21H,3,11,13H2,1-2H3,(H,20,23)(H,22,24). The molecule has 2 amide bonds. The Morgan fingerprint density at radius 3 is 2.50 bits per heavy atom. The van der Waals surface area contributed by atoms with Crippen molar-refractivity contribution >= 4 is 23.2 Å². The molecule has 2 aromatic rings. The van der Waals surface area contributed by atoms with E-state index < -0.39 is 0 Å². The molecule has 0 aliphatic carbocycles. The van der Waals surface area contributed by atoms with E-state index in [1.807, 2.05) is 50.2 Å². The van der Waals surface area contributed by atoms with Crippen LogP contribution in [0.15, 0.2) is 48.5 Å². The zero-order valence-corrected chi connectivity index (χ0v) is 14.1. The van der Waals surface area contributed by atoms with E-state index in [2.05, 4.69) is 16.0 Å². The summed E-state index contributed by atoms with van der Waals surface area (Å²) in [7, 11) is 0.